The maximum Gasteiger partial charge on any atom is 0.364 e. The molecule has 2 amide bonds. The summed E-state index contributed by atoms with van der Waals surface area (Å²) in [5, 5.41) is 50.4. The van der Waals surface area contributed by atoms with E-state index in [-0.39, 0.29) is 68.8 Å². The van der Waals surface area contributed by atoms with Crippen molar-refractivity contribution in [2.45, 2.75) is 129 Å². The number of amides is 2. The van der Waals surface area contributed by atoms with Crippen molar-refractivity contribution in [1.29, 1.82) is 0 Å². The van der Waals surface area contributed by atoms with Gasteiger partial charge in [-0.15, -0.1) is 0 Å². The Balaban J connectivity index is 0.820. The molecule has 8 N–H and O–H groups in total. The molecule has 0 spiro atoms. The molecule has 9 rings (SSSR count). The largest absolute Gasteiger partial charge is 0.505 e. The van der Waals surface area contributed by atoms with Crippen LogP contribution in [0, 0.1) is 27.7 Å². The number of benzene rings is 3. The van der Waals surface area contributed by atoms with Gasteiger partial charge in [-0.05, 0) is 115 Å². The lowest BCUT2D eigenvalue weighted by Gasteiger charge is -2.47. The summed E-state index contributed by atoms with van der Waals surface area (Å²) in [5.74, 6) is -3.86. The van der Waals surface area contributed by atoms with Crippen molar-refractivity contribution >= 4 is 57.1 Å². The smallest absolute Gasteiger partial charge is 0.364 e. The Hall–Kier alpha value is -8.52. The lowest BCUT2D eigenvalue weighted by molar-refractivity contribution is -0.305. The fraction of sp³-hybridized carbons (Fsp3) is 0.379. The van der Waals surface area contributed by atoms with Gasteiger partial charge in [-0.2, -0.15) is 0 Å². The molecule has 3 aromatic carbocycles. The molecular formula is C58H62N4O20. The standard InChI is InChI=1S/C58H62N4O20/c1-25-11-19-33(59-25)51(69)79-47-43(67)55(81-57(5,6)49(47)73-9)75-35-21-17-31-41(65)39(53(71)77-45(31)27(35)3)61-37(63)23-29-13-15-30(16-14-29)24-38(64)62-40-42(66)32-18-22-36(28(4)46(32)78-54(40)72)76-56-44(68)48(50(74-10)58(7,8)82-56)80-52(70)34-20-12-26(2)60-34/h11-22,43-44,47-50,55-56,59-60,65-68H,23-24H2,1-10H3,(H,61,63)(H,62,64). The van der Waals surface area contributed by atoms with E-state index in [1.807, 2.05) is 0 Å². The highest BCUT2D eigenvalue weighted by Crippen LogP contribution is 2.41. The first-order valence-corrected chi connectivity index (χ1v) is 25.9. The average Bonchev–Trinajstić information content (AvgIpc) is 4.20. The van der Waals surface area contributed by atoms with Gasteiger partial charge in [0.2, 0.25) is 24.4 Å². The number of nitrogens with one attached hydrogen (secondary N) is 4. The predicted molar refractivity (Wildman–Crippen MR) is 291 cm³/mol. The van der Waals surface area contributed by atoms with E-state index in [2.05, 4.69) is 20.6 Å². The summed E-state index contributed by atoms with van der Waals surface area (Å²) in [6, 6.07) is 18.4. The molecule has 0 aliphatic carbocycles. The number of aryl methyl sites for hydroxylation is 4. The zero-order valence-corrected chi connectivity index (χ0v) is 46.3. The summed E-state index contributed by atoms with van der Waals surface area (Å²) in [4.78, 5) is 85.2. The first kappa shape index (κ1) is 58.1. The molecule has 434 valence electrons. The van der Waals surface area contributed by atoms with Crippen LogP contribution < -0.4 is 31.4 Å². The van der Waals surface area contributed by atoms with Gasteiger partial charge in [0.05, 0.1) is 34.8 Å². The van der Waals surface area contributed by atoms with E-state index in [1.54, 1.807) is 104 Å². The zero-order chi connectivity index (χ0) is 59.3. The van der Waals surface area contributed by atoms with Gasteiger partial charge in [0, 0.05) is 36.7 Å². The number of anilines is 2. The number of esters is 2. The quantitative estimate of drug-likeness (QED) is 0.0419. The SMILES string of the molecule is COC1C(OC(=O)c2ccc(C)[nH]2)C(O)C(Oc2ccc3c(O)c(NC(=O)Cc4ccc(CC(=O)Nc5c(O)c6ccc(OC7OC(C)(C)C(OC)C(OC(=O)c8ccc(C)[nH]8)C7O)c(C)c6oc5=O)cc4)c(=O)oc3c2C)OC1(C)C. The number of methoxy groups -OCH3 is 2. The second-order valence-corrected chi connectivity index (χ2v) is 21.2. The zero-order valence-electron chi connectivity index (χ0n) is 46.3. The highest BCUT2D eigenvalue weighted by atomic mass is 16.7. The maximum atomic E-state index is 13.3. The highest BCUT2D eigenvalue weighted by molar-refractivity contribution is 6.00. The molecule has 6 heterocycles. The third-order valence-electron chi connectivity index (χ3n) is 14.4. The highest BCUT2D eigenvalue weighted by Gasteiger charge is 2.55. The van der Waals surface area contributed by atoms with Crippen molar-refractivity contribution in [3.63, 3.8) is 0 Å². The van der Waals surface area contributed by atoms with Crippen LogP contribution in [-0.4, -0.2) is 129 Å². The number of aromatic hydroxyl groups is 2. The second-order valence-electron chi connectivity index (χ2n) is 21.2. The Bertz CT molecular complexity index is 3480. The molecular weight excluding hydrogens is 1070 g/mol. The van der Waals surface area contributed by atoms with Crippen molar-refractivity contribution < 1.29 is 86.3 Å². The summed E-state index contributed by atoms with van der Waals surface area (Å²) < 4.78 is 58.3. The maximum absolute atomic E-state index is 13.3. The van der Waals surface area contributed by atoms with E-state index in [9.17, 15) is 49.2 Å². The molecule has 2 fully saturated rings. The number of carbonyl (C=O) groups is 4. The second kappa shape index (κ2) is 22.8. The van der Waals surface area contributed by atoms with Crippen LogP contribution in [0.2, 0.25) is 0 Å². The van der Waals surface area contributed by atoms with Crippen LogP contribution in [0.15, 0.2) is 91.2 Å². The molecule has 0 radical (unpaired) electrons. The number of H-pyrrole nitrogens is 2. The number of ether oxygens (including phenoxy) is 8. The number of aliphatic hydroxyl groups is 2. The Morgan fingerprint density at radius 1 is 0.561 bits per heavy atom. The van der Waals surface area contributed by atoms with Crippen LogP contribution in [-0.2, 0) is 50.9 Å². The minimum absolute atomic E-state index is 0.0440. The number of aromatic amines is 2. The summed E-state index contributed by atoms with van der Waals surface area (Å²) in [6.07, 6.45) is -10.8. The number of aliphatic hydroxyl groups excluding tert-OH is 2. The van der Waals surface area contributed by atoms with Crippen LogP contribution >= 0.6 is 0 Å². The summed E-state index contributed by atoms with van der Waals surface area (Å²) in [6.45, 7) is 13.3. The molecule has 0 bridgehead atoms. The van der Waals surface area contributed by atoms with Crippen LogP contribution in [0.1, 0.15) is 82.3 Å². The van der Waals surface area contributed by atoms with Gasteiger partial charge in [-0.25, -0.2) is 19.2 Å². The van der Waals surface area contributed by atoms with E-state index in [0.717, 1.165) is 11.4 Å². The van der Waals surface area contributed by atoms with Crippen molar-refractivity contribution in [3.05, 3.63) is 139 Å². The lowest BCUT2D eigenvalue weighted by atomic mass is 9.89. The monoisotopic (exact) mass is 1130 g/mol. The van der Waals surface area contributed by atoms with Crippen LogP contribution in [0.3, 0.4) is 0 Å². The molecule has 82 heavy (non-hydrogen) atoms. The topological polar surface area (TPSA) is 339 Å². The van der Waals surface area contributed by atoms with Gasteiger partial charge < -0.3 is 87.8 Å². The van der Waals surface area contributed by atoms with Crippen molar-refractivity contribution in [2.75, 3.05) is 24.9 Å². The third-order valence-corrected chi connectivity index (χ3v) is 14.4. The Labute approximate surface area is 467 Å². The summed E-state index contributed by atoms with van der Waals surface area (Å²) >= 11 is 0. The van der Waals surface area contributed by atoms with Crippen LogP contribution in [0.5, 0.6) is 23.0 Å². The Kier molecular flexibility index (Phi) is 16.2. The van der Waals surface area contributed by atoms with E-state index in [4.69, 9.17) is 46.7 Å². The fourth-order valence-corrected chi connectivity index (χ4v) is 10.2. The molecule has 2 saturated heterocycles. The summed E-state index contributed by atoms with van der Waals surface area (Å²) in [5.41, 5.74) is -2.55. The van der Waals surface area contributed by atoms with E-state index in [1.165, 1.54) is 38.5 Å². The molecule has 7 aromatic rings. The minimum atomic E-state index is -1.56. The van der Waals surface area contributed by atoms with Gasteiger partial charge in [-0.1, -0.05) is 24.3 Å². The van der Waals surface area contributed by atoms with E-state index < -0.39 is 118 Å². The first-order chi connectivity index (χ1) is 38.8. The molecule has 8 unspecified atom stereocenters. The number of rotatable bonds is 16. The molecule has 2 aliphatic rings. The molecule has 4 aromatic heterocycles. The predicted octanol–water partition coefficient (Wildman–Crippen LogP) is 5.79. The molecule has 0 saturated carbocycles. The lowest BCUT2D eigenvalue weighted by Crippen LogP contribution is -2.65. The number of carbonyl (C=O) groups excluding carboxylic acids is 4. The van der Waals surface area contributed by atoms with Crippen LogP contribution in [0.25, 0.3) is 21.9 Å². The van der Waals surface area contributed by atoms with Crippen molar-refractivity contribution in [2.24, 2.45) is 0 Å². The van der Waals surface area contributed by atoms with Crippen LogP contribution in [0.4, 0.5) is 11.4 Å². The Morgan fingerprint density at radius 2 is 0.927 bits per heavy atom. The van der Waals surface area contributed by atoms with Crippen molar-refractivity contribution in [1.82, 2.24) is 9.97 Å². The van der Waals surface area contributed by atoms with E-state index >= 15 is 0 Å². The van der Waals surface area contributed by atoms with Gasteiger partial charge in [-0.3, -0.25) is 9.59 Å². The van der Waals surface area contributed by atoms with Gasteiger partial charge in [0.25, 0.3) is 0 Å². The van der Waals surface area contributed by atoms with Crippen molar-refractivity contribution in [3.8, 4) is 23.0 Å². The van der Waals surface area contributed by atoms with Gasteiger partial charge in [0.1, 0.15) is 46.3 Å². The number of fused-ring (bicyclic) bond motifs is 2. The number of aromatic nitrogens is 2. The molecule has 2 aliphatic heterocycles. The fourth-order valence-electron chi connectivity index (χ4n) is 10.2. The Morgan fingerprint density at radius 3 is 1.26 bits per heavy atom. The summed E-state index contributed by atoms with van der Waals surface area (Å²) in [7, 11) is 2.78. The van der Waals surface area contributed by atoms with Gasteiger partial charge in [0.15, 0.2) is 47.3 Å². The minimum Gasteiger partial charge on any atom is -0.505 e. The number of hydrogen-bond acceptors (Lipinski definition) is 20. The first-order valence-electron chi connectivity index (χ1n) is 25.9. The average molecular weight is 1140 g/mol. The third kappa shape index (κ3) is 11.5. The molecule has 24 heteroatoms. The molecule has 24 nitrogen and oxygen atoms in total. The van der Waals surface area contributed by atoms with E-state index in [0.29, 0.717) is 11.1 Å². The molecule has 8 atom stereocenters. The normalized spacial score (nSPS) is 22.1. The van der Waals surface area contributed by atoms with Gasteiger partial charge >= 0.3 is 23.2 Å². The number of hydrogen-bond donors (Lipinski definition) is 8.